The summed E-state index contributed by atoms with van der Waals surface area (Å²) < 4.78 is 0. The molecule has 0 radical (unpaired) electrons. The predicted octanol–water partition coefficient (Wildman–Crippen LogP) is 5.08. The average molecular weight is 293 g/mol. The van der Waals surface area contributed by atoms with Gasteiger partial charge in [-0.15, -0.1) is 0 Å². The molecule has 22 heavy (non-hydrogen) atoms. The Hall–Kier alpha value is -2.35. The van der Waals surface area contributed by atoms with Crippen molar-refractivity contribution < 1.29 is 5.11 Å². The number of phenolic OH excluding ortho intramolecular Hbond substituents is 1. The SMILES string of the molecule is CC(C)N=C(CC/C=C/c1ccccc1)c1ccccc1O. The van der Waals surface area contributed by atoms with Gasteiger partial charge in [0.05, 0.1) is 0 Å². The van der Waals surface area contributed by atoms with Gasteiger partial charge in [-0.2, -0.15) is 0 Å². The van der Waals surface area contributed by atoms with Gasteiger partial charge < -0.3 is 5.11 Å². The van der Waals surface area contributed by atoms with Crippen LogP contribution >= 0.6 is 0 Å². The molecule has 1 N–H and O–H groups in total. The van der Waals surface area contributed by atoms with Crippen LogP contribution in [0.1, 0.15) is 37.8 Å². The third-order valence-electron chi connectivity index (χ3n) is 3.29. The first-order chi connectivity index (χ1) is 10.7. The maximum atomic E-state index is 10.0. The van der Waals surface area contributed by atoms with Crippen molar-refractivity contribution in [2.75, 3.05) is 0 Å². The molecule has 0 aliphatic rings. The highest BCUT2D eigenvalue weighted by Gasteiger charge is 2.08. The molecule has 0 saturated heterocycles. The topological polar surface area (TPSA) is 32.6 Å². The lowest BCUT2D eigenvalue weighted by Gasteiger charge is -2.09. The summed E-state index contributed by atoms with van der Waals surface area (Å²) in [5.74, 6) is 0.300. The van der Waals surface area contributed by atoms with Gasteiger partial charge in [0.1, 0.15) is 5.75 Å². The molecule has 2 rings (SSSR count). The summed E-state index contributed by atoms with van der Waals surface area (Å²) in [6.45, 7) is 4.11. The number of hydrogen-bond acceptors (Lipinski definition) is 2. The fourth-order valence-electron chi connectivity index (χ4n) is 2.30. The number of rotatable bonds is 6. The van der Waals surface area contributed by atoms with Gasteiger partial charge in [0, 0.05) is 17.3 Å². The van der Waals surface area contributed by atoms with Crippen molar-refractivity contribution in [3.63, 3.8) is 0 Å². The van der Waals surface area contributed by atoms with E-state index >= 15 is 0 Å². The molecule has 0 bridgehead atoms. The van der Waals surface area contributed by atoms with E-state index in [9.17, 15) is 5.11 Å². The van der Waals surface area contributed by atoms with Crippen LogP contribution in [-0.2, 0) is 0 Å². The number of hydrogen-bond donors (Lipinski definition) is 1. The zero-order chi connectivity index (χ0) is 15.8. The minimum absolute atomic E-state index is 0.215. The van der Waals surface area contributed by atoms with Crippen LogP contribution in [0.2, 0.25) is 0 Å². The summed E-state index contributed by atoms with van der Waals surface area (Å²) in [6.07, 6.45) is 6.00. The van der Waals surface area contributed by atoms with Crippen LogP contribution in [0.4, 0.5) is 0 Å². The monoisotopic (exact) mass is 293 g/mol. The molecular formula is C20H23NO. The number of aliphatic imine (C=N–C) groups is 1. The standard InChI is InChI=1S/C20H23NO/c1-16(2)21-19(18-13-7-9-15-20(18)22)14-8-6-12-17-10-4-3-5-11-17/h3-7,9-13,15-16,22H,8,14H2,1-2H3/b12-6+,21-19?. The van der Waals surface area contributed by atoms with Crippen LogP contribution < -0.4 is 0 Å². The summed E-state index contributed by atoms with van der Waals surface area (Å²) in [4.78, 5) is 4.68. The van der Waals surface area contributed by atoms with E-state index in [0.717, 1.165) is 24.1 Å². The first kappa shape index (κ1) is 16.0. The number of phenols is 1. The van der Waals surface area contributed by atoms with Crippen molar-refractivity contribution in [3.8, 4) is 5.75 Å². The van der Waals surface area contributed by atoms with Crippen LogP contribution in [-0.4, -0.2) is 16.9 Å². The van der Waals surface area contributed by atoms with Crippen LogP contribution in [0, 0.1) is 0 Å². The fraction of sp³-hybridized carbons (Fsp3) is 0.250. The maximum absolute atomic E-state index is 10.0. The van der Waals surface area contributed by atoms with E-state index in [1.165, 1.54) is 5.56 Å². The van der Waals surface area contributed by atoms with E-state index in [1.807, 2.05) is 36.4 Å². The molecule has 0 atom stereocenters. The summed E-state index contributed by atoms with van der Waals surface area (Å²) >= 11 is 0. The lowest BCUT2D eigenvalue weighted by molar-refractivity contribution is 0.474. The van der Waals surface area contributed by atoms with Crippen LogP contribution in [0.3, 0.4) is 0 Å². The Morgan fingerprint density at radius 1 is 1.05 bits per heavy atom. The van der Waals surface area contributed by atoms with Gasteiger partial charge in [-0.05, 0) is 44.4 Å². The summed E-state index contributed by atoms with van der Waals surface area (Å²) in [6, 6.07) is 17.9. The van der Waals surface area contributed by atoms with E-state index in [-0.39, 0.29) is 6.04 Å². The molecule has 0 aromatic heterocycles. The number of aromatic hydroxyl groups is 1. The highest BCUT2D eigenvalue weighted by Crippen LogP contribution is 2.20. The van der Waals surface area contributed by atoms with Crippen molar-refractivity contribution >= 4 is 11.8 Å². The zero-order valence-electron chi connectivity index (χ0n) is 13.2. The molecule has 2 aromatic carbocycles. The van der Waals surface area contributed by atoms with Crippen molar-refractivity contribution in [1.82, 2.24) is 0 Å². The maximum Gasteiger partial charge on any atom is 0.124 e. The summed E-state index contributed by atoms with van der Waals surface area (Å²) in [5.41, 5.74) is 3.00. The zero-order valence-corrected chi connectivity index (χ0v) is 13.2. The predicted molar refractivity (Wildman–Crippen MR) is 94.5 cm³/mol. The van der Waals surface area contributed by atoms with E-state index in [0.29, 0.717) is 5.75 Å². The Morgan fingerprint density at radius 2 is 1.73 bits per heavy atom. The van der Waals surface area contributed by atoms with E-state index < -0.39 is 0 Å². The van der Waals surface area contributed by atoms with Crippen molar-refractivity contribution in [2.24, 2.45) is 4.99 Å². The molecule has 0 unspecified atom stereocenters. The van der Waals surface area contributed by atoms with E-state index in [2.05, 4.69) is 43.1 Å². The third kappa shape index (κ3) is 4.88. The van der Waals surface area contributed by atoms with Gasteiger partial charge in [-0.3, -0.25) is 4.99 Å². The number of benzene rings is 2. The second-order valence-electron chi connectivity index (χ2n) is 5.54. The van der Waals surface area contributed by atoms with Crippen molar-refractivity contribution in [2.45, 2.75) is 32.7 Å². The molecule has 2 aromatic rings. The average Bonchev–Trinajstić information content (AvgIpc) is 2.51. The molecular weight excluding hydrogens is 270 g/mol. The smallest absolute Gasteiger partial charge is 0.124 e. The second-order valence-corrected chi connectivity index (χ2v) is 5.54. The molecule has 114 valence electrons. The lowest BCUT2D eigenvalue weighted by Crippen LogP contribution is -2.05. The molecule has 0 spiro atoms. The van der Waals surface area contributed by atoms with E-state index in [4.69, 9.17) is 0 Å². The van der Waals surface area contributed by atoms with E-state index in [1.54, 1.807) is 6.07 Å². The summed E-state index contributed by atoms with van der Waals surface area (Å²) in [7, 11) is 0. The van der Waals surface area contributed by atoms with Crippen LogP contribution in [0.25, 0.3) is 6.08 Å². The third-order valence-corrected chi connectivity index (χ3v) is 3.29. The first-order valence-electron chi connectivity index (χ1n) is 7.73. The minimum Gasteiger partial charge on any atom is -0.507 e. The Bertz CT molecular complexity index is 642. The first-order valence-corrected chi connectivity index (χ1v) is 7.73. The van der Waals surface area contributed by atoms with Crippen LogP contribution in [0.5, 0.6) is 5.75 Å². The fourth-order valence-corrected chi connectivity index (χ4v) is 2.30. The molecule has 0 saturated carbocycles. The Balaban J connectivity index is 2.06. The van der Waals surface area contributed by atoms with Gasteiger partial charge in [0.2, 0.25) is 0 Å². The molecule has 0 fully saturated rings. The van der Waals surface area contributed by atoms with Gasteiger partial charge in [-0.25, -0.2) is 0 Å². The van der Waals surface area contributed by atoms with Gasteiger partial charge >= 0.3 is 0 Å². The highest BCUT2D eigenvalue weighted by molar-refractivity contribution is 6.02. The molecule has 0 aliphatic carbocycles. The second kappa shape index (κ2) is 8.18. The normalized spacial score (nSPS) is 12.2. The Kier molecular flexibility index (Phi) is 5.96. The van der Waals surface area contributed by atoms with Crippen molar-refractivity contribution in [3.05, 3.63) is 71.8 Å². The highest BCUT2D eigenvalue weighted by atomic mass is 16.3. The van der Waals surface area contributed by atoms with Crippen molar-refractivity contribution in [1.29, 1.82) is 0 Å². The molecule has 2 heteroatoms. The molecule has 0 heterocycles. The number of para-hydroxylation sites is 1. The molecule has 0 amide bonds. The molecule has 2 nitrogen and oxygen atoms in total. The number of nitrogens with zero attached hydrogens (tertiary/aromatic N) is 1. The van der Waals surface area contributed by atoms with Crippen LogP contribution in [0.15, 0.2) is 65.7 Å². The quantitative estimate of drug-likeness (QED) is 0.740. The lowest BCUT2D eigenvalue weighted by atomic mass is 10.0. The Morgan fingerprint density at radius 3 is 2.41 bits per heavy atom. The minimum atomic E-state index is 0.215. The summed E-state index contributed by atoms with van der Waals surface area (Å²) in [5, 5.41) is 10.0. The molecule has 0 aliphatic heterocycles. The largest absolute Gasteiger partial charge is 0.507 e. The van der Waals surface area contributed by atoms with Gasteiger partial charge in [0.15, 0.2) is 0 Å². The number of allylic oxidation sites excluding steroid dienone is 1. The van der Waals surface area contributed by atoms with Gasteiger partial charge in [-0.1, -0.05) is 54.6 Å². The Labute approximate surface area is 132 Å². The van der Waals surface area contributed by atoms with Gasteiger partial charge in [0.25, 0.3) is 0 Å².